The molecule has 0 aliphatic carbocycles. The number of esters is 1. The molecule has 5 atom stereocenters. The standard InChI is InChI=1S/C17H30N5O6PS/c1-4-11(5-2)7-27-15(24)10(3)21-29(26)28-8-13-12(23)6-14(30-13)22-9-19-16(18)20-17(22)25/h9-14,23,29H,4-8H2,1-3H3,(H,21,26)(H2,18,20,25)/t10-,12+,13?,14+/m0/s1. The van der Waals surface area contributed by atoms with Crippen LogP contribution in [0.1, 0.15) is 45.4 Å². The van der Waals surface area contributed by atoms with Crippen LogP contribution in [0.5, 0.6) is 0 Å². The minimum atomic E-state index is -2.72. The first-order chi connectivity index (χ1) is 14.2. The normalized spacial score (nSPS) is 23.4. The highest BCUT2D eigenvalue weighted by molar-refractivity contribution is 8.00. The van der Waals surface area contributed by atoms with E-state index in [4.69, 9.17) is 15.0 Å². The number of anilines is 1. The molecule has 2 rings (SSSR count). The monoisotopic (exact) mass is 463 g/mol. The number of nitrogens with two attached hydrogens (primary N) is 1. The first-order valence-corrected chi connectivity index (χ1v) is 12.1. The van der Waals surface area contributed by atoms with Gasteiger partial charge in [-0.3, -0.25) is 13.9 Å². The number of carbonyl (C=O) groups excluding carboxylic acids is 1. The summed E-state index contributed by atoms with van der Waals surface area (Å²) in [5.41, 5.74) is 4.84. The lowest BCUT2D eigenvalue weighted by atomic mass is 10.1. The van der Waals surface area contributed by atoms with Crippen LogP contribution in [0.15, 0.2) is 11.1 Å². The summed E-state index contributed by atoms with van der Waals surface area (Å²) in [5.74, 6) is -0.291. The maximum absolute atomic E-state index is 12.2. The number of nitrogens with one attached hydrogen (secondary N) is 1. The minimum absolute atomic E-state index is 0.00673. The molecule has 11 nitrogen and oxygen atoms in total. The maximum Gasteiger partial charge on any atom is 0.353 e. The summed E-state index contributed by atoms with van der Waals surface area (Å²) in [6.45, 7) is 5.96. The summed E-state index contributed by atoms with van der Waals surface area (Å²) in [5, 5.41) is 12.1. The van der Waals surface area contributed by atoms with Crippen LogP contribution < -0.4 is 16.5 Å². The van der Waals surface area contributed by atoms with E-state index in [0.717, 1.165) is 12.8 Å². The van der Waals surface area contributed by atoms with Crippen molar-refractivity contribution in [1.29, 1.82) is 0 Å². The van der Waals surface area contributed by atoms with E-state index in [1.807, 2.05) is 13.8 Å². The van der Waals surface area contributed by atoms with Crippen molar-refractivity contribution < 1.29 is 23.7 Å². The Kier molecular flexibility index (Phi) is 9.76. The minimum Gasteiger partial charge on any atom is -0.464 e. The molecule has 1 aromatic rings. The molecule has 0 saturated carbocycles. The Morgan fingerprint density at radius 1 is 1.50 bits per heavy atom. The number of thioether (sulfide) groups is 1. The number of aliphatic hydroxyl groups excluding tert-OH is 1. The molecule has 1 fully saturated rings. The summed E-state index contributed by atoms with van der Waals surface area (Å²) < 4.78 is 24.1. The average molecular weight is 463 g/mol. The van der Waals surface area contributed by atoms with Gasteiger partial charge in [-0.15, -0.1) is 11.8 Å². The number of hydrogen-bond acceptors (Lipinski definition) is 10. The number of nitrogens with zero attached hydrogens (tertiary/aromatic N) is 3. The number of aromatic nitrogens is 3. The average Bonchev–Trinajstić information content (AvgIpc) is 3.07. The van der Waals surface area contributed by atoms with E-state index in [9.17, 15) is 19.3 Å². The lowest BCUT2D eigenvalue weighted by Crippen LogP contribution is -2.32. The van der Waals surface area contributed by atoms with Crippen LogP contribution in [0.3, 0.4) is 0 Å². The number of carbonyl (C=O) groups is 1. The van der Waals surface area contributed by atoms with Crippen LogP contribution in [0, 0.1) is 5.92 Å². The van der Waals surface area contributed by atoms with Crippen molar-refractivity contribution in [1.82, 2.24) is 19.6 Å². The molecule has 170 valence electrons. The second-order valence-corrected chi connectivity index (χ2v) is 9.69. The van der Waals surface area contributed by atoms with Gasteiger partial charge in [0.05, 0.1) is 29.9 Å². The van der Waals surface area contributed by atoms with Gasteiger partial charge in [-0.05, 0) is 12.8 Å². The summed E-state index contributed by atoms with van der Waals surface area (Å²) in [4.78, 5) is 31.3. The summed E-state index contributed by atoms with van der Waals surface area (Å²) >= 11 is 1.30. The van der Waals surface area contributed by atoms with Crippen LogP contribution in [0.4, 0.5) is 5.95 Å². The third-order valence-electron chi connectivity index (χ3n) is 4.94. The Bertz CT molecular complexity index is 792. The van der Waals surface area contributed by atoms with Crippen molar-refractivity contribution in [2.24, 2.45) is 5.92 Å². The van der Waals surface area contributed by atoms with Gasteiger partial charge in [0.1, 0.15) is 12.4 Å². The Hall–Kier alpha value is -1.46. The molecular formula is C17H30N5O6PS. The van der Waals surface area contributed by atoms with Crippen molar-refractivity contribution in [2.75, 3.05) is 18.9 Å². The van der Waals surface area contributed by atoms with E-state index in [0.29, 0.717) is 18.9 Å². The molecule has 1 aliphatic heterocycles. The quantitative estimate of drug-likeness (QED) is 0.317. The predicted molar refractivity (Wildman–Crippen MR) is 114 cm³/mol. The maximum atomic E-state index is 12.2. The molecule has 2 unspecified atom stereocenters. The van der Waals surface area contributed by atoms with E-state index in [1.54, 1.807) is 6.92 Å². The molecule has 1 aliphatic rings. The summed E-state index contributed by atoms with van der Waals surface area (Å²) in [6.07, 6.45) is 2.66. The van der Waals surface area contributed by atoms with Gasteiger partial charge in [0.25, 0.3) is 8.18 Å². The molecule has 1 saturated heterocycles. The van der Waals surface area contributed by atoms with Gasteiger partial charge < -0.3 is 20.1 Å². The zero-order valence-corrected chi connectivity index (χ0v) is 19.1. The third-order valence-corrected chi connectivity index (χ3v) is 7.57. The van der Waals surface area contributed by atoms with E-state index in [-0.39, 0.29) is 17.9 Å². The van der Waals surface area contributed by atoms with Crippen molar-refractivity contribution in [3.8, 4) is 0 Å². The molecule has 0 amide bonds. The van der Waals surface area contributed by atoms with E-state index >= 15 is 0 Å². The Morgan fingerprint density at radius 2 is 2.20 bits per heavy atom. The number of nitrogen functional groups attached to an aromatic ring is 1. The molecule has 0 aromatic carbocycles. The van der Waals surface area contributed by atoms with Crippen LogP contribution in [-0.2, 0) is 18.6 Å². The predicted octanol–water partition coefficient (Wildman–Crippen LogP) is 0.949. The molecule has 1 aromatic heterocycles. The van der Waals surface area contributed by atoms with Crippen molar-refractivity contribution in [3.05, 3.63) is 16.8 Å². The smallest absolute Gasteiger partial charge is 0.353 e. The molecule has 13 heteroatoms. The van der Waals surface area contributed by atoms with E-state index in [2.05, 4.69) is 15.1 Å². The van der Waals surface area contributed by atoms with E-state index < -0.39 is 37.2 Å². The fourth-order valence-electron chi connectivity index (χ4n) is 2.87. The van der Waals surface area contributed by atoms with Crippen molar-refractivity contribution in [3.63, 3.8) is 0 Å². The highest BCUT2D eigenvalue weighted by Gasteiger charge is 2.36. The fourth-order valence-corrected chi connectivity index (χ4v) is 5.31. The van der Waals surface area contributed by atoms with Crippen LogP contribution in [0.2, 0.25) is 0 Å². The molecule has 4 N–H and O–H groups in total. The number of ether oxygens (including phenoxy) is 1. The molecular weight excluding hydrogens is 433 g/mol. The van der Waals surface area contributed by atoms with Crippen LogP contribution in [-0.4, -0.2) is 56.2 Å². The molecule has 0 spiro atoms. The first kappa shape index (κ1) is 24.8. The van der Waals surface area contributed by atoms with Gasteiger partial charge in [-0.25, -0.2) is 14.9 Å². The van der Waals surface area contributed by atoms with Crippen LogP contribution >= 0.6 is 19.9 Å². The fraction of sp³-hybridized carbons (Fsp3) is 0.765. The molecule has 0 radical (unpaired) electrons. The number of hydrogen-bond donors (Lipinski definition) is 3. The first-order valence-electron chi connectivity index (χ1n) is 9.89. The van der Waals surface area contributed by atoms with Gasteiger partial charge in [-0.1, -0.05) is 26.7 Å². The van der Waals surface area contributed by atoms with Crippen molar-refractivity contribution in [2.45, 2.75) is 62.8 Å². The second kappa shape index (κ2) is 11.8. The highest BCUT2D eigenvalue weighted by Crippen LogP contribution is 2.41. The SMILES string of the molecule is CCC(CC)COC(=O)[C@H](C)N[PH](=O)OCC1S[C@@H](n2cnc(N)nc2=O)C[C@H]1O. The van der Waals surface area contributed by atoms with Gasteiger partial charge in [-0.2, -0.15) is 4.98 Å². The molecule has 0 bridgehead atoms. The zero-order valence-electron chi connectivity index (χ0n) is 17.3. The zero-order chi connectivity index (χ0) is 22.3. The van der Waals surface area contributed by atoms with Gasteiger partial charge in [0, 0.05) is 6.42 Å². The summed E-state index contributed by atoms with van der Waals surface area (Å²) in [6, 6.07) is -0.773. The summed E-state index contributed by atoms with van der Waals surface area (Å²) in [7, 11) is -2.72. The van der Waals surface area contributed by atoms with E-state index in [1.165, 1.54) is 22.7 Å². The van der Waals surface area contributed by atoms with Crippen molar-refractivity contribution >= 4 is 31.9 Å². The van der Waals surface area contributed by atoms with Gasteiger partial charge in [0.15, 0.2) is 0 Å². The van der Waals surface area contributed by atoms with Crippen LogP contribution in [0.25, 0.3) is 0 Å². The molecule has 30 heavy (non-hydrogen) atoms. The largest absolute Gasteiger partial charge is 0.464 e. The molecule has 2 heterocycles. The Balaban J connectivity index is 1.78. The third kappa shape index (κ3) is 7.05. The number of aliphatic hydroxyl groups is 1. The lowest BCUT2D eigenvalue weighted by molar-refractivity contribution is -0.146. The van der Waals surface area contributed by atoms with Gasteiger partial charge >= 0.3 is 11.7 Å². The topological polar surface area (TPSA) is 159 Å². The Labute approximate surface area is 180 Å². The highest BCUT2D eigenvalue weighted by atomic mass is 32.2. The lowest BCUT2D eigenvalue weighted by Gasteiger charge is -2.18. The van der Waals surface area contributed by atoms with Gasteiger partial charge in [0.2, 0.25) is 5.95 Å². The Morgan fingerprint density at radius 3 is 2.83 bits per heavy atom. The second-order valence-electron chi connectivity index (χ2n) is 7.11. The number of rotatable bonds is 11.